The van der Waals surface area contributed by atoms with Gasteiger partial charge in [0, 0.05) is 23.6 Å². The summed E-state index contributed by atoms with van der Waals surface area (Å²) >= 11 is 0. The number of halogens is 2. The minimum absolute atomic E-state index is 0.00268. The molecular weight excluding hydrogens is 426 g/mol. The van der Waals surface area contributed by atoms with E-state index >= 15 is 0 Å². The fraction of sp³-hybridized carbons (Fsp3) is 0.222. The maximum absolute atomic E-state index is 13.6. The van der Waals surface area contributed by atoms with Crippen molar-refractivity contribution in [3.05, 3.63) is 52.8 Å². The van der Waals surface area contributed by atoms with Crippen LogP contribution in [0.15, 0.2) is 39.0 Å². The molecule has 29 heavy (non-hydrogen) atoms. The Morgan fingerprint density at radius 3 is 2.55 bits per heavy atom. The second-order valence-electron chi connectivity index (χ2n) is 6.29. The molecule has 0 amide bonds. The Kier molecular flexibility index (Phi) is 5.42. The largest absolute Gasteiger partial charge is 0.457 e. The molecule has 0 bridgehead atoms. The Hall–Kier alpha value is -2.84. The van der Waals surface area contributed by atoms with Crippen LogP contribution in [0.2, 0.25) is 0 Å². The highest BCUT2D eigenvalue weighted by atomic mass is 32.3. The van der Waals surface area contributed by atoms with E-state index in [2.05, 4.69) is 3.77 Å². The summed E-state index contributed by atoms with van der Waals surface area (Å²) in [5.41, 5.74) is 0.214. The van der Waals surface area contributed by atoms with Gasteiger partial charge in [-0.25, -0.2) is 21.4 Å². The van der Waals surface area contributed by atoms with Gasteiger partial charge in [-0.15, -0.1) is 3.77 Å². The molecule has 1 aliphatic carbocycles. The van der Waals surface area contributed by atoms with E-state index in [4.69, 9.17) is 10.00 Å². The first-order chi connectivity index (χ1) is 13.6. The molecule has 0 saturated heterocycles. The van der Waals surface area contributed by atoms with Gasteiger partial charge in [0.1, 0.15) is 27.0 Å². The van der Waals surface area contributed by atoms with Gasteiger partial charge in [0.05, 0.1) is 22.8 Å². The summed E-state index contributed by atoms with van der Waals surface area (Å²) < 4.78 is 71.8. The number of carbonyl (C=O) groups excluding carboxylic acids is 1. The van der Waals surface area contributed by atoms with Gasteiger partial charge in [0.25, 0.3) is 10.0 Å². The highest BCUT2D eigenvalue weighted by Crippen LogP contribution is 2.38. The van der Waals surface area contributed by atoms with Crippen LogP contribution >= 0.6 is 0 Å². The van der Waals surface area contributed by atoms with Crippen molar-refractivity contribution in [1.29, 1.82) is 5.26 Å². The molecule has 0 heterocycles. The highest BCUT2D eigenvalue weighted by molar-refractivity contribution is 8.03. The summed E-state index contributed by atoms with van der Waals surface area (Å²) in [5.74, 6) is -1.02. The van der Waals surface area contributed by atoms with Crippen LogP contribution in [0.1, 0.15) is 27.9 Å². The lowest BCUT2D eigenvalue weighted by Gasteiger charge is -2.15. The monoisotopic (exact) mass is 440 g/mol. The number of sulfonamides is 1. The molecule has 7 nitrogen and oxygen atoms in total. The van der Waals surface area contributed by atoms with E-state index < -0.39 is 37.4 Å². The number of fused-ring (bicyclic) bond motifs is 1. The fourth-order valence-corrected chi connectivity index (χ4v) is 6.22. The third-order valence-electron chi connectivity index (χ3n) is 4.09. The smallest absolute Gasteiger partial charge is 0.258 e. The molecule has 0 radical (unpaired) electrons. The van der Waals surface area contributed by atoms with Gasteiger partial charge < -0.3 is 4.74 Å². The van der Waals surface area contributed by atoms with Crippen molar-refractivity contribution in [3.63, 3.8) is 0 Å². The van der Waals surface area contributed by atoms with Crippen molar-refractivity contribution in [2.45, 2.75) is 17.7 Å². The quantitative estimate of drug-likeness (QED) is 0.705. The lowest BCUT2D eigenvalue weighted by atomic mass is 10.1. The maximum atomic E-state index is 13.6. The summed E-state index contributed by atoms with van der Waals surface area (Å²) in [4.78, 5) is 12.1. The first-order valence-electron chi connectivity index (χ1n) is 8.16. The predicted molar refractivity (Wildman–Crippen MR) is 99.9 cm³/mol. The molecule has 1 unspecified atom stereocenters. The van der Waals surface area contributed by atoms with E-state index in [0.717, 1.165) is 18.2 Å². The van der Waals surface area contributed by atoms with Gasteiger partial charge in [0.15, 0.2) is 11.8 Å². The molecule has 3 rings (SSSR count). The third kappa shape index (κ3) is 4.28. The summed E-state index contributed by atoms with van der Waals surface area (Å²) in [6, 6.07) is 5.97. The van der Waals surface area contributed by atoms with Crippen LogP contribution in [-0.4, -0.2) is 30.7 Å². The number of hydrogen-bond acceptors (Lipinski definition) is 6. The number of nitriles is 1. The van der Waals surface area contributed by atoms with Gasteiger partial charge in [-0.05, 0) is 30.7 Å². The minimum Gasteiger partial charge on any atom is -0.457 e. The van der Waals surface area contributed by atoms with Crippen LogP contribution in [-0.2, 0) is 26.2 Å². The van der Waals surface area contributed by atoms with Crippen molar-refractivity contribution >= 4 is 25.5 Å². The number of carbonyl (C=O) groups is 1. The lowest BCUT2D eigenvalue weighted by Crippen LogP contribution is -2.12. The molecule has 2 aromatic carbocycles. The zero-order valence-electron chi connectivity index (χ0n) is 15.0. The van der Waals surface area contributed by atoms with Gasteiger partial charge >= 0.3 is 0 Å². The van der Waals surface area contributed by atoms with E-state index in [1.54, 1.807) is 6.07 Å². The highest BCUT2D eigenvalue weighted by Gasteiger charge is 2.32. The standard InChI is InChI=1S/C18H14F2N2O5S2/c1-28(24,25)22-29(26,10-19)17-5-4-16(14-2-3-15(23)18(14)17)27-13-7-11(9-21)6-12(20)8-13/h4-8H,2-3,10H2,1H3. The molecule has 0 aliphatic heterocycles. The second kappa shape index (κ2) is 7.53. The van der Waals surface area contributed by atoms with Gasteiger partial charge in [0.2, 0.25) is 0 Å². The van der Waals surface area contributed by atoms with Crippen molar-refractivity contribution in [1.82, 2.24) is 0 Å². The van der Waals surface area contributed by atoms with E-state index in [1.165, 1.54) is 12.1 Å². The molecule has 0 aromatic heterocycles. The molecular formula is C18H14F2N2O5S2. The fourth-order valence-electron chi connectivity index (χ4n) is 3.04. The Balaban J connectivity index is 2.18. The third-order valence-corrected chi connectivity index (χ3v) is 7.46. The number of benzene rings is 2. The first-order valence-corrected chi connectivity index (χ1v) is 11.7. The molecule has 0 saturated carbocycles. The van der Waals surface area contributed by atoms with Crippen LogP contribution in [0, 0.1) is 17.1 Å². The van der Waals surface area contributed by atoms with Crippen LogP contribution in [0.4, 0.5) is 8.78 Å². The molecule has 0 fully saturated rings. The molecule has 0 N–H and O–H groups in total. The first kappa shape index (κ1) is 20.9. The SMILES string of the molecule is CS(=O)(=O)N=S(=O)(CF)c1ccc(Oc2cc(F)cc(C#N)c2)c2c1C(=O)CC2. The Labute approximate surface area is 166 Å². The molecule has 152 valence electrons. The maximum Gasteiger partial charge on any atom is 0.258 e. The van der Waals surface area contributed by atoms with Crippen LogP contribution in [0.3, 0.4) is 0 Å². The summed E-state index contributed by atoms with van der Waals surface area (Å²) in [6.07, 6.45) is 0.882. The zero-order valence-corrected chi connectivity index (χ0v) is 16.6. The van der Waals surface area contributed by atoms with Crippen molar-refractivity contribution in [2.24, 2.45) is 3.77 Å². The number of alkyl halides is 1. The van der Waals surface area contributed by atoms with Gasteiger partial charge in [-0.1, -0.05) is 0 Å². The molecule has 11 heteroatoms. The molecule has 1 atom stereocenters. The van der Waals surface area contributed by atoms with Gasteiger partial charge in [-0.3, -0.25) is 4.79 Å². The number of nitrogens with zero attached hydrogens (tertiary/aromatic N) is 2. The number of ether oxygens (including phenoxy) is 1. The van der Waals surface area contributed by atoms with Crippen LogP contribution < -0.4 is 4.74 Å². The van der Waals surface area contributed by atoms with E-state index in [-0.39, 0.29) is 40.4 Å². The van der Waals surface area contributed by atoms with E-state index in [1.807, 2.05) is 0 Å². The average Bonchev–Trinajstić information content (AvgIpc) is 3.02. The Bertz CT molecular complexity index is 1290. The number of hydrogen-bond donors (Lipinski definition) is 0. The van der Waals surface area contributed by atoms with Crippen molar-refractivity contribution < 1.29 is 30.9 Å². The Morgan fingerprint density at radius 2 is 1.93 bits per heavy atom. The number of ketones is 1. The molecule has 0 spiro atoms. The van der Waals surface area contributed by atoms with Gasteiger partial charge in [-0.2, -0.15) is 5.26 Å². The summed E-state index contributed by atoms with van der Waals surface area (Å²) in [7, 11) is -8.19. The topological polar surface area (TPSA) is 114 Å². The molecule has 1 aliphatic rings. The predicted octanol–water partition coefficient (Wildman–Crippen LogP) is 3.33. The normalized spacial score (nSPS) is 15.3. The van der Waals surface area contributed by atoms with Crippen LogP contribution in [0.5, 0.6) is 11.5 Å². The van der Waals surface area contributed by atoms with E-state index in [9.17, 15) is 26.2 Å². The summed E-state index contributed by atoms with van der Waals surface area (Å²) in [6.45, 7) is 0. The average molecular weight is 440 g/mol. The number of Topliss-reactive ketones (excluding diaryl/α,β-unsaturated/α-hetero) is 1. The second-order valence-corrected chi connectivity index (χ2v) is 10.3. The lowest BCUT2D eigenvalue weighted by molar-refractivity contribution is 0.0992. The van der Waals surface area contributed by atoms with Crippen molar-refractivity contribution in [3.8, 4) is 17.6 Å². The van der Waals surface area contributed by atoms with E-state index in [0.29, 0.717) is 11.8 Å². The summed E-state index contributed by atoms with van der Waals surface area (Å²) in [5, 5.41) is 8.94. The number of rotatable bonds is 5. The minimum atomic E-state index is -4.15. The van der Waals surface area contributed by atoms with Crippen molar-refractivity contribution in [2.75, 3.05) is 12.3 Å². The Morgan fingerprint density at radius 1 is 1.21 bits per heavy atom. The van der Waals surface area contributed by atoms with Crippen LogP contribution in [0.25, 0.3) is 0 Å². The zero-order chi connectivity index (χ0) is 21.4. The molecule has 2 aromatic rings.